The van der Waals surface area contributed by atoms with Crippen LogP contribution < -0.4 is 9.96 Å². The van der Waals surface area contributed by atoms with Crippen molar-refractivity contribution >= 4 is 28.9 Å². The Kier molecular flexibility index (Phi) is 5.12. The molecule has 0 unspecified atom stereocenters. The van der Waals surface area contributed by atoms with Crippen LogP contribution in [0.25, 0.3) is 11.3 Å². The molecule has 0 N–H and O–H groups in total. The van der Waals surface area contributed by atoms with Gasteiger partial charge in [0.05, 0.1) is 16.3 Å². The van der Waals surface area contributed by atoms with Crippen LogP contribution in [0.3, 0.4) is 0 Å². The summed E-state index contributed by atoms with van der Waals surface area (Å²) in [6, 6.07) is 26.7. The fourth-order valence-corrected chi connectivity index (χ4v) is 4.77. The second-order valence-electron chi connectivity index (χ2n) is 8.51. The number of nitro groups is 1. The number of hydrogen-bond donors (Lipinski definition) is 0. The second kappa shape index (κ2) is 8.47. The maximum atomic E-state index is 13.6. The molecule has 3 heterocycles. The van der Waals surface area contributed by atoms with Crippen molar-refractivity contribution in [1.82, 2.24) is 0 Å². The van der Waals surface area contributed by atoms with Crippen LogP contribution in [0.15, 0.2) is 101 Å². The van der Waals surface area contributed by atoms with Crippen molar-refractivity contribution in [2.75, 3.05) is 9.96 Å². The van der Waals surface area contributed by atoms with Gasteiger partial charge >= 0.3 is 0 Å². The first-order valence-corrected chi connectivity index (χ1v) is 11.3. The molecular weight excluding hydrogens is 462 g/mol. The van der Waals surface area contributed by atoms with E-state index in [1.165, 1.54) is 12.1 Å². The van der Waals surface area contributed by atoms with Gasteiger partial charge in [-0.2, -0.15) is 0 Å². The summed E-state index contributed by atoms with van der Waals surface area (Å²) < 4.78 is 6.15. The van der Waals surface area contributed by atoms with E-state index in [4.69, 9.17) is 9.25 Å². The highest BCUT2D eigenvalue weighted by Gasteiger charge is 2.61. The summed E-state index contributed by atoms with van der Waals surface area (Å²) in [5.41, 5.74) is 1.61. The van der Waals surface area contributed by atoms with Gasteiger partial charge in [-0.05, 0) is 36.4 Å². The van der Waals surface area contributed by atoms with Crippen molar-refractivity contribution in [3.8, 4) is 11.3 Å². The fraction of sp³-hybridized carbons (Fsp3) is 0.111. The van der Waals surface area contributed by atoms with E-state index >= 15 is 0 Å². The molecule has 0 aliphatic carbocycles. The highest BCUT2D eigenvalue weighted by molar-refractivity contribution is 6.23. The van der Waals surface area contributed by atoms with Crippen molar-refractivity contribution in [2.45, 2.75) is 12.1 Å². The molecule has 0 spiro atoms. The second-order valence-corrected chi connectivity index (χ2v) is 8.51. The minimum atomic E-state index is -1.02. The highest BCUT2D eigenvalue weighted by Crippen LogP contribution is 2.48. The van der Waals surface area contributed by atoms with E-state index in [1.807, 2.05) is 36.4 Å². The van der Waals surface area contributed by atoms with E-state index in [1.54, 1.807) is 53.6 Å². The zero-order valence-corrected chi connectivity index (χ0v) is 18.8. The monoisotopic (exact) mass is 481 g/mol. The third kappa shape index (κ3) is 3.45. The van der Waals surface area contributed by atoms with Gasteiger partial charge in [0, 0.05) is 17.7 Å². The first-order chi connectivity index (χ1) is 17.5. The lowest BCUT2D eigenvalue weighted by molar-refractivity contribution is -0.384. The summed E-state index contributed by atoms with van der Waals surface area (Å²) in [5, 5.41) is 12.8. The molecule has 2 amide bonds. The zero-order valence-electron chi connectivity index (χ0n) is 18.8. The molecule has 2 aliphatic rings. The Morgan fingerprint density at radius 3 is 2.17 bits per heavy atom. The third-order valence-electron chi connectivity index (χ3n) is 6.40. The molecule has 3 atom stereocenters. The topological polar surface area (TPSA) is 106 Å². The summed E-state index contributed by atoms with van der Waals surface area (Å²) in [5.74, 6) is -0.856. The number of para-hydroxylation sites is 2. The van der Waals surface area contributed by atoms with Crippen LogP contribution in [0.4, 0.5) is 17.1 Å². The Bertz CT molecular complexity index is 1470. The predicted molar refractivity (Wildman–Crippen MR) is 130 cm³/mol. The maximum absolute atomic E-state index is 13.6. The number of imide groups is 1. The number of furan rings is 1. The average Bonchev–Trinajstić information content (AvgIpc) is 3.60. The molecule has 36 heavy (non-hydrogen) atoms. The lowest BCUT2D eigenvalue weighted by Crippen LogP contribution is -2.37. The Morgan fingerprint density at radius 2 is 1.47 bits per heavy atom. The van der Waals surface area contributed by atoms with Crippen LogP contribution in [0.5, 0.6) is 0 Å². The largest absolute Gasteiger partial charge is 0.459 e. The van der Waals surface area contributed by atoms with Crippen molar-refractivity contribution < 1.29 is 23.8 Å². The van der Waals surface area contributed by atoms with E-state index in [-0.39, 0.29) is 11.6 Å². The molecule has 0 radical (unpaired) electrons. The predicted octanol–water partition coefficient (Wildman–Crippen LogP) is 4.91. The van der Waals surface area contributed by atoms with Crippen LogP contribution in [0.1, 0.15) is 11.8 Å². The number of benzene rings is 3. The molecular formula is C27H19N3O6. The van der Waals surface area contributed by atoms with Crippen molar-refractivity contribution in [3.05, 3.63) is 113 Å². The number of carbonyl (C=O) groups excluding carboxylic acids is 2. The van der Waals surface area contributed by atoms with Gasteiger partial charge in [0.25, 0.3) is 11.6 Å². The van der Waals surface area contributed by atoms with Crippen LogP contribution in [0, 0.1) is 16.0 Å². The van der Waals surface area contributed by atoms with E-state index in [2.05, 4.69) is 0 Å². The molecule has 2 aliphatic heterocycles. The molecule has 0 saturated carbocycles. The number of non-ortho nitro benzene ring substituents is 1. The molecule has 3 aromatic carbocycles. The van der Waals surface area contributed by atoms with Crippen molar-refractivity contribution in [2.24, 2.45) is 5.92 Å². The summed E-state index contributed by atoms with van der Waals surface area (Å²) in [6.45, 7) is 0. The minimum absolute atomic E-state index is 0.0595. The van der Waals surface area contributed by atoms with Crippen molar-refractivity contribution in [1.29, 1.82) is 0 Å². The number of fused-ring (bicyclic) bond motifs is 1. The fourth-order valence-electron chi connectivity index (χ4n) is 4.77. The quantitative estimate of drug-likeness (QED) is 0.227. The number of hydrogen-bond acceptors (Lipinski definition) is 7. The number of rotatable bonds is 5. The summed E-state index contributed by atoms with van der Waals surface area (Å²) in [4.78, 5) is 45.0. The molecule has 2 fully saturated rings. The van der Waals surface area contributed by atoms with Gasteiger partial charge in [-0.1, -0.05) is 48.5 Å². The van der Waals surface area contributed by atoms with Gasteiger partial charge in [-0.25, -0.2) is 9.96 Å². The molecule has 4 aromatic rings. The van der Waals surface area contributed by atoms with E-state index in [9.17, 15) is 19.7 Å². The number of amides is 2. The smallest absolute Gasteiger partial charge is 0.270 e. The highest BCUT2D eigenvalue weighted by atomic mass is 16.7. The maximum Gasteiger partial charge on any atom is 0.270 e. The lowest BCUT2D eigenvalue weighted by Gasteiger charge is -2.27. The number of anilines is 2. The third-order valence-corrected chi connectivity index (χ3v) is 6.40. The number of nitrogens with zero attached hydrogens (tertiary/aromatic N) is 3. The summed E-state index contributed by atoms with van der Waals surface area (Å²) >= 11 is 0. The lowest BCUT2D eigenvalue weighted by atomic mass is 9.94. The number of hydroxylamine groups is 1. The van der Waals surface area contributed by atoms with Gasteiger partial charge in [-0.3, -0.25) is 24.5 Å². The van der Waals surface area contributed by atoms with Crippen LogP contribution in [-0.4, -0.2) is 22.8 Å². The summed E-state index contributed by atoms with van der Waals surface area (Å²) in [7, 11) is 0. The van der Waals surface area contributed by atoms with Gasteiger partial charge < -0.3 is 4.42 Å². The first kappa shape index (κ1) is 21.8. The molecule has 9 nitrogen and oxygen atoms in total. The Hall–Kier alpha value is -4.76. The van der Waals surface area contributed by atoms with Crippen LogP contribution in [-0.2, 0) is 14.4 Å². The molecule has 0 bridgehead atoms. The minimum Gasteiger partial charge on any atom is -0.459 e. The average molecular weight is 481 g/mol. The normalized spacial score (nSPS) is 21.2. The van der Waals surface area contributed by atoms with Crippen molar-refractivity contribution in [3.63, 3.8) is 0 Å². The number of carbonyl (C=O) groups is 2. The van der Waals surface area contributed by atoms with Gasteiger partial charge in [-0.15, -0.1) is 0 Å². The van der Waals surface area contributed by atoms with Gasteiger partial charge in [0.15, 0.2) is 6.10 Å². The Morgan fingerprint density at radius 1 is 0.778 bits per heavy atom. The molecule has 2 saturated heterocycles. The molecule has 9 heteroatoms. The van der Waals surface area contributed by atoms with E-state index in [0.717, 1.165) is 4.90 Å². The first-order valence-electron chi connectivity index (χ1n) is 11.3. The zero-order chi connectivity index (χ0) is 24.8. The number of nitro benzene ring substituents is 1. The molecule has 6 rings (SSSR count). The van der Waals surface area contributed by atoms with Gasteiger partial charge in [0.1, 0.15) is 23.5 Å². The molecule has 178 valence electrons. The SMILES string of the molecule is O=C1[C@H]2[C@@H](c3ccc(-c4cccc([N+](=O)[O-])c4)o3)N(c3ccccc3)O[C@H]2C(=O)N1c1ccccc1. The summed E-state index contributed by atoms with van der Waals surface area (Å²) in [6.07, 6.45) is -1.02. The van der Waals surface area contributed by atoms with E-state index in [0.29, 0.717) is 28.5 Å². The Labute approximate surface area is 205 Å². The standard InChI is InChI=1S/C27H19N3O6/c31-26-23-24(22-15-14-21(35-22)17-8-7-13-20(16-17)30(33)34)29(19-11-5-2-6-12-19)36-25(23)27(32)28(26)18-9-3-1-4-10-18/h1-16,23-25H/t23-,24+,25+/m0/s1. The van der Waals surface area contributed by atoms with E-state index < -0.39 is 28.9 Å². The van der Waals surface area contributed by atoms with Crippen LogP contribution in [0.2, 0.25) is 0 Å². The molecule has 1 aromatic heterocycles. The van der Waals surface area contributed by atoms with Crippen LogP contribution >= 0.6 is 0 Å². The van der Waals surface area contributed by atoms with Gasteiger partial charge in [0.2, 0.25) is 5.91 Å². The Balaban J connectivity index is 1.42.